The predicted octanol–water partition coefficient (Wildman–Crippen LogP) is 2.79. The van der Waals surface area contributed by atoms with Crippen molar-refractivity contribution in [3.05, 3.63) is 0 Å². The molecule has 0 bridgehead atoms. The molecule has 2 N–H and O–H groups in total. The van der Waals surface area contributed by atoms with E-state index >= 15 is 0 Å². The third-order valence-electron chi connectivity index (χ3n) is 1.64. The van der Waals surface area contributed by atoms with Crippen LogP contribution in [0.4, 0.5) is 0 Å². The summed E-state index contributed by atoms with van der Waals surface area (Å²) in [6.07, 6.45) is 7.07. The number of rotatable bonds is 5. The molecule has 0 heterocycles. The lowest BCUT2D eigenvalue weighted by Gasteiger charge is -2.01. The standard InChI is InChI=1S/C9H20.H2O/c1-4-5-6-7-8-9(2)3;/h9H,4-8H2,1-3H3;1H2. The van der Waals surface area contributed by atoms with Crippen LogP contribution in [0.1, 0.15) is 52.9 Å². The van der Waals surface area contributed by atoms with Gasteiger partial charge < -0.3 is 5.48 Å². The van der Waals surface area contributed by atoms with Crippen LogP contribution >= 0.6 is 0 Å². The van der Waals surface area contributed by atoms with E-state index in [1.807, 2.05) is 0 Å². The highest BCUT2D eigenvalue weighted by Gasteiger charge is 1.91. The summed E-state index contributed by atoms with van der Waals surface area (Å²) in [5, 5.41) is 0. The molecule has 0 aromatic rings. The fraction of sp³-hybridized carbons (Fsp3) is 1.00. The van der Waals surface area contributed by atoms with Gasteiger partial charge in [-0.1, -0.05) is 52.9 Å². The van der Waals surface area contributed by atoms with Gasteiger partial charge in [0.25, 0.3) is 0 Å². The van der Waals surface area contributed by atoms with Crippen LogP contribution in [0.3, 0.4) is 0 Å². The summed E-state index contributed by atoms with van der Waals surface area (Å²) >= 11 is 0. The average molecular weight is 146 g/mol. The van der Waals surface area contributed by atoms with Crippen LogP contribution in [0.5, 0.6) is 0 Å². The monoisotopic (exact) mass is 146 g/mol. The Morgan fingerprint density at radius 1 is 1.00 bits per heavy atom. The van der Waals surface area contributed by atoms with Crippen molar-refractivity contribution in [2.75, 3.05) is 0 Å². The van der Waals surface area contributed by atoms with E-state index in [1.165, 1.54) is 32.1 Å². The molecule has 0 spiro atoms. The minimum Gasteiger partial charge on any atom is -0.412 e. The Morgan fingerprint density at radius 2 is 1.60 bits per heavy atom. The van der Waals surface area contributed by atoms with Crippen molar-refractivity contribution < 1.29 is 5.48 Å². The fourth-order valence-corrected chi connectivity index (χ4v) is 0.979. The zero-order valence-electron chi connectivity index (χ0n) is 7.61. The molecule has 0 aliphatic rings. The van der Waals surface area contributed by atoms with Gasteiger partial charge >= 0.3 is 0 Å². The quantitative estimate of drug-likeness (QED) is 0.534. The van der Waals surface area contributed by atoms with Gasteiger partial charge in [0.15, 0.2) is 0 Å². The maximum absolute atomic E-state index is 2.30. The Balaban J connectivity index is 0. The van der Waals surface area contributed by atoms with Crippen molar-refractivity contribution in [1.82, 2.24) is 0 Å². The molecule has 0 saturated carbocycles. The Labute approximate surface area is 65.1 Å². The summed E-state index contributed by atoms with van der Waals surface area (Å²) in [7, 11) is 0. The van der Waals surface area contributed by atoms with E-state index in [1.54, 1.807) is 0 Å². The van der Waals surface area contributed by atoms with Crippen LogP contribution < -0.4 is 0 Å². The molecule has 0 saturated heterocycles. The lowest BCUT2D eigenvalue weighted by atomic mass is 10.1. The summed E-state index contributed by atoms with van der Waals surface area (Å²) in [5.74, 6) is 0.904. The summed E-state index contributed by atoms with van der Waals surface area (Å²) in [4.78, 5) is 0. The summed E-state index contributed by atoms with van der Waals surface area (Å²) < 4.78 is 0. The number of unbranched alkanes of at least 4 members (excludes halogenated alkanes) is 3. The second kappa shape index (κ2) is 8.96. The van der Waals surface area contributed by atoms with Crippen molar-refractivity contribution >= 4 is 0 Å². The molecule has 0 amide bonds. The highest BCUT2D eigenvalue weighted by Crippen LogP contribution is 2.08. The molecule has 0 aliphatic heterocycles. The van der Waals surface area contributed by atoms with Crippen molar-refractivity contribution in [2.45, 2.75) is 52.9 Å². The van der Waals surface area contributed by atoms with Gasteiger partial charge in [-0.15, -0.1) is 0 Å². The molecule has 0 aliphatic carbocycles. The second-order valence-corrected chi connectivity index (χ2v) is 3.24. The maximum atomic E-state index is 2.30. The first-order chi connectivity index (χ1) is 4.27. The molecule has 1 heteroatoms. The fourth-order valence-electron chi connectivity index (χ4n) is 0.979. The lowest BCUT2D eigenvalue weighted by molar-refractivity contribution is 0.525. The van der Waals surface area contributed by atoms with Gasteiger partial charge in [0.05, 0.1) is 0 Å². The topological polar surface area (TPSA) is 31.5 Å². The van der Waals surface area contributed by atoms with Gasteiger partial charge in [-0.05, 0) is 5.92 Å². The first kappa shape index (κ1) is 12.6. The van der Waals surface area contributed by atoms with Crippen LogP contribution in [0.15, 0.2) is 0 Å². The van der Waals surface area contributed by atoms with Gasteiger partial charge in [0, 0.05) is 0 Å². The van der Waals surface area contributed by atoms with Crippen LogP contribution in [0.25, 0.3) is 0 Å². The molecule has 0 aromatic carbocycles. The number of hydrogen-bond acceptors (Lipinski definition) is 0. The number of hydrogen-bond donors (Lipinski definition) is 0. The van der Waals surface area contributed by atoms with Crippen molar-refractivity contribution in [1.29, 1.82) is 0 Å². The molecule has 0 fully saturated rings. The lowest BCUT2D eigenvalue weighted by Crippen LogP contribution is -1.86. The van der Waals surface area contributed by atoms with Gasteiger partial charge in [0.2, 0.25) is 0 Å². The Bertz CT molecular complexity index is 50.7. The van der Waals surface area contributed by atoms with Gasteiger partial charge in [-0.2, -0.15) is 0 Å². The first-order valence-electron chi connectivity index (χ1n) is 4.27. The molecular formula is C9H22O. The summed E-state index contributed by atoms with van der Waals surface area (Å²) in [6, 6.07) is 0. The normalized spacial score (nSPS) is 9.60. The Kier molecular flexibility index (Phi) is 11.3. The van der Waals surface area contributed by atoms with Crippen LogP contribution in [0.2, 0.25) is 0 Å². The van der Waals surface area contributed by atoms with E-state index in [0.29, 0.717) is 0 Å². The second-order valence-electron chi connectivity index (χ2n) is 3.24. The van der Waals surface area contributed by atoms with E-state index in [2.05, 4.69) is 20.8 Å². The molecule has 0 rings (SSSR count). The smallest absolute Gasteiger partial charge is 0.0471 e. The largest absolute Gasteiger partial charge is 0.412 e. The molecule has 1 nitrogen and oxygen atoms in total. The molecule has 0 radical (unpaired) electrons. The third-order valence-corrected chi connectivity index (χ3v) is 1.64. The minimum absolute atomic E-state index is 0. The van der Waals surface area contributed by atoms with E-state index < -0.39 is 0 Å². The van der Waals surface area contributed by atoms with Gasteiger partial charge in [-0.25, -0.2) is 0 Å². The Morgan fingerprint density at radius 3 is 2.00 bits per heavy atom. The van der Waals surface area contributed by atoms with Gasteiger partial charge in [0.1, 0.15) is 0 Å². The van der Waals surface area contributed by atoms with Crippen molar-refractivity contribution in [3.63, 3.8) is 0 Å². The molecule has 0 atom stereocenters. The highest BCUT2D eigenvalue weighted by atomic mass is 16.0. The molecule has 10 heavy (non-hydrogen) atoms. The molecular weight excluding hydrogens is 124 g/mol. The van der Waals surface area contributed by atoms with Crippen LogP contribution in [0, 0.1) is 5.92 Å². The third kappa shape index (κ3) is 10.9. The molecule has 64 valence electrons. The zero-order valence-corrected chi connectivity index (χ0v) is 7.61. The van der Waals surface area contributed by atoms with Crippen molar-refractivity contribution in [3.8, 4) is 0 Å². The first-order valence-corrected chi connectivity index (χ1v) is 4.27. The minimum atomic E-state index is 0. The Hall–Kier alpha value is -0.0400. The van der Waals surface area contributed by atoms with E-state index in [-0.39, 0.29) is 5.48 Å². The average Bonchev–Trinajstić information content (AvgIpc) is 1.80. The zero-order chi connectivity index (χ0) is 7.11. The SMILES string of the molecule is CCCCCCC(C)C.O. The summed E-state index contributed by atoms with van der Waals surface area (Å²) in [5.41, 5.74) is 0. The van der Waals surface area contributed by atoms with Crippen LogP contribution in [-0.2, 0) is 0 Å². The van der Waals surface area contributed by atoms with Crippen LogP contribution in [-0.4, -0.2) is 5.48 Å². The molecule has 0 unspecified atom stereocenters. The molecule has 0 aromatic heterocycles. The van der Waals surface area contributed by atoms with Gasteiger partial charge in [-0.3, -0.25) is 0 Å². The van der Waals surface area contributed by atoms with Crippen molar-refractivity contribution in [2.24, 2.45) is 5.92 Å². The van der Waals surface area contributed by atoms with E-state index in [4.69, 9.17) is 0 Å². The maximum Gasteiger partial charge on any atom is -0.0471 e. The van der Waals surface area contributed by atoms with E-state index in [9.17, 15) is 0 Å². The van der Waals surface area contributed by atoms with E-state index in [0.717, 1.165) is 5.92 Å². The summed E-state index contributed by atoms with van der Waals surface area (Å²) in [6.45, 7) is 6.85. The highest BCUT2D eigenvalue weighted by molar-refractivity contribution is 4.45. The predicted molar refractivity (Wildman–Crippen MR) is 47.2 cm³/mol.